The van der Waals surface area contributed by atoms with Crippen LogP contribution in [0.3, 0.4) is 0 Å². The van der Waals surface area contributed by atoms with Crippen LogP contribution in [-0.4, -0.2) is 52.3 Å². The summed E-state index contributed by atoms with van der Waals surface area (Å²) in [5.74, 6) is 1.86. The van der Waals surface area contributed by atoms with Crippen molar-refractivity contribution >= 4 is 17.0 Å². The smallest absolute Gasteiger partial charge is 0.180 e. The molecule has 2 aromatic rings. The molecular weight excluding hydrogens is 302 g/mol. The van der Waals surface area contributed by atoms with Crippen molar-refractivity contribution in [3.63, 3.8) is 0 Å². The Bertz CT molecular complexity index is 680. The summed E-state index contributed by atoms with van der Waals surface area (Å²) in [5, 5.41) is 14.1. The SMILES string of the molecule is OC(C1CCNCC1)C1CCN(c2ccc3nccnc3n2)CC1. The maximum Gasteiger partial charge on any atom is 0.180 e. The largest absolute Gasteiger partial charge is 0.393 e. The van der Waals surface area contributed by atoms with Gasteiger partial charge in [-0.3, -0.25) is 4.98 Å². The first-order valence-electron chi connectivity index (χ1n) is 9.03. The van der Waals surface area contributed by atoms with Crippen molar-refractivity contribution < 1.29 is 5.11 Å². The Labute approximate surface area is 142 Å². The number of hydrogen-bond acceptors (Lipinski definition) is 6. The van der Waals surface area contributed by atoms with Gasteiger partial charge in [-0.15, -0.1) is 0 Å². The highest BCUT2D eigenvalue weighted by atomic mass is 16.3. The highest BCUT2D eigenvalue weighted by Gasteiger charge is 2.31. The summed E-state index contributed by atoms with van der Waals surface area (Å²) in [6, 6.07) is 4.02. The fraction of sp³-hybridized carbons (Fsp3) is 0.611. The summed E-state index contributed by atoms with van der Waals surface area (Å²) < 4.78 is 0. The Morgan fingerprint density at radius 1 is 1.00 bits per heavy atom. The van der Waals surface area contributed by atoms with Gasteiger partial charge in [0, 0.05) is 25.5 Å². The summed E-state index contributed by atoms with van der Waals surface area (Å²) in [7, 11) is 0. The predicted molar refractivity (Wildman–Crippen MR) is 93.9 cm³/mol. The van der Waals surface area contributed by atoms with Crippen LogP contribution < -0.4 is 10.2 Å². The molecule has 4 heterocycles. The molecule has 6 heteroatoms. The van der Waals surface area contributed by atoms with Gasteiger partial charge in [0.1, 0.15) is 11.3 Å². The number of fused-ring (bicyclic) bond motifs is 1. The van der Waals surface area contributed by atoms with Crippen LogP contribution in [0, 0.1) is 11.8 Å². The van der Waals surface area contributed by atoms with Crippen LogP contribution in [0.4, 0.5) is 5.82 Å². The van der Waals surface area contributed by atoms with Gasteiger partial charge in [-0.05, 0) is 62.7 Å². The molecule has 1 atom stereocenters. The van der Waals surface area contributed by atoms with E-state index in [-0.39, 0.29) is 6.10 Å². The fourth-order valence-corrected chi connectivity index (χ4v) is 4.06. The number of aliphatic hydroxyl groups is 1. The predicted octanol–water partition coefficient (Wildman–Crippen LogP) is 1.60. The first-order valence-corrected chi connectivity index (χ1v) is 9.03. The number of aliphatic hydroxyl groups excluding tert-OH is 1. The van der Waals surface area contributed by atoms with Gasteiger partial charge < -0.3 is 15.3 Å². The average Bonchev–Trinajstić information content (AvgIpc) is 2.68. The Morgan fingerprint density at radius 3 is 2.50 bits per heavy atom. The second kappa shape index (κ2) is 6.99. The second-order valence-electron chi connectivity index (χ2n) is 6.97. The lowest BCUT2D eigenvalue weighted by atomic mass is 9.80. The van der Waals surface area contributed by atoms with Gasteiger partial charge in [0.15, 0.2) is 5.65 Å². The molecule has 4 rings (SSSR count). The zero-order valence-electron chi connectivity index (χ0n) is 13.9. The maximum atomic E-state index is 10.7. The molecule has 128 valence electrons. The monoisotopic (exact) mass is 327 g/mol. The number of nitrogens with one attached hydrogen (secondary N) is 1. The van der Waals surface area contributed by atoms with Gasteiger partial charge in [-0.2, -0.15) is 0 Å². The minimum atomic E-state index is -0.148. The molecule has 2 aliphatic heterocycles. The summed E-state index contributed by atoms with van der Waals surface area (Å²) >= 11 is 0. The van der Waals surface area contributed by atoms with Gasteiger partial charge in [0.2, 0.25) is 0 Å². The molecule has 0 amide bonds. The fourth-order valence-electron chi connectivity index (χ4n) is 4.06. The van der Waals surface area contributed by atoms with Crippen molar-refractivity contribution in [3.8, 4) is 0 Å². The molecule has 0 aromatic carbocycles. The maximum absolute atomic E-state index is 10.7. The highest BCUT2D eigenvalue weighted by Crippen LogP contribution is 2.30. The van der Waals surface area contributed by atoms with Crippen LogP contribution in [0.15, 0.2) is 24.5 Å². The summed E-state index contributed by atoms with van der Waals surface area (Å²) in [5.41, 5.74) is 1.53. The van der Waals surface area contributed by atoms with E-state index in [2.05, 4.69) is 25.2 Å². The van der Waals surface area contributed by atoms with Gasteiger partial charge in [-0.1, -0.05) is 0 Å². The number of anilines is 1. The molecular formula is C18H25N5O. The van der Waals surface area contributed by atoms with Crippen molar-refractivity contribution in [1.82, 2.24) is 20.3 Å². The molecule has 0 bridgehead atoms. The van der Waals surface area contributed by atoms with E-state index in [9.17, 15) is 5.11 Å². The molecule has 0 radical (unpaired) electrons. The molecule has 2 N–H and O–H groups in total. The van der Waals surface area contributed by atoms with Gasteiger partial charge in [0.25, 0.3) is 0 Å². The van der Waals surface area contributed by atoms with Crippen molar-refractivity contribution in [2.45, 2.75) is 31.8 Å². The number of nitrogens with zero attached hydrogens (tertiary/aromatic N) is 4. The Morgan fingerprint density at radius 2 is 1.71 bits per heavy atom. The Hall–Kier alpha value is -1.79. The standard InChI is InChI=1S/C18H25N5O/c24-17(13-3-7-19-8-4-13)14-5-11-23(12-6-14)16-2-1-15-18(22-16)21-10-9-20-15/h1-2,9-10,13-14,17,19,24H,3-8,11-12H2. The van der Waals surface area contributed by atoms with Crippen LogP contribution in [0.5, 0.6) is 0 Å². The number of piperidine rings is 2. The second-order valence-corrected chi connectivity index (χ2v) is 6.97. The quantitative estimate of drug-likeness (QED) is 0.892. The Balaban J connectivity index is 1.39. The lowest BCUT2D eigenvalue weighted by molar-refractivity contribution is 0.0265. The minimum absolute atomic E-state index is 0.148. The van der Waals surface area contributed by atoms with E-state index in [1.54, 1.807) is 12.4 Å². The van der Waals surface area contributed by atoms with Crippen molar-refractivity contribution in [3.05, 3.63) is 24.5 Å². The van der Waals surface area contributed by atoms with Crippen molar-refractivity contribution in [2.24, 2.45) is 11.8 Å². The summed E-state index contributed by atoms with van der Waals surface area (Å²) in [6.07, 6.45) is 7.50. The number of aromatic nitrogens is 3. The first kappa shape index (κ1) is 15.7. The number of hydrogen-bond donors (Lipinski definition) is 2. The van der Waals surface area contributed by atoms with Crippen molar-refractivity contribution in [2.75, 3.05) is 31.1 Å². The zero-order chi connectivity index (χ0) is 16.4. The molecule has 6 nitrogen and oxygen atoms in total. The molecule has 1 unspecified atom stereocenters. The molecule has 0 saturated carbocycles. The molecule has 2 aromatic heterocycles. The van der Waals surface area contributed by atoms with E-state index in [1.165, 1.54) is 0 Å². The molecule has 24 heavy (non-hydrogen) atoms. The topological polar surface area (TPSA) is 74.2 Å². The third kappa shape index (κ3) is 3.21. The third-order valence-corrected chi connectivity index (χ3v) is 5.53. The van der Waals surface area contributed by atoms with Gasteiger partial charge in [0.05, 0.1) is 6.10 Å². The number of pyridine rings is 1. The van der Waals surface area contributed by atoms with Crippen LogP contribution in [-0.2, 0) is 0 Å². The molecule has 0 spiro atoms. The van der Waals surface area contributed by atoms with E-state index in [0.29, 0.717) is 17.5 Å². The van der Waals surface area contributed by atoms with E-state index >= 15 is 0 Å². The Kier molecular flexibility index (Phi) is 4.58. The first-order chi connectivity index (χ1) is 11.8. The van der Waals surface area contributed by atoms with Gasteiger partial charge in [-0.25, -0.2) is 9.97 Å². The third-order valence-electron chi connectivity index (χ3n) is 5.53. The van der Waals surface area contributed by atoms with Crippen LogP contribution >= 0.6 is 0 Å². The highest BCUT2D eigenvalue weighted by molar-refractivity contribution is 5.71. The van der Waals surface area contributed by atoms with E-state index in [1.807, 2.05) is 12.1 Å². The minimum Gasteiger partial charge on any atom is -0.393 e. The average molecular weight is 327 g/mol. The van der Waals surface area contributed by atoms with E-state index in [4.69, 9.17) is 0 Å². The van der Waals surface area contributed by atoms with E-state index in [0.717, 1.165) is 63.2 Å². The molecule has 2 saturated heterocycles. The van der Waals surface area contributed by atoms with Crippen LogP contribution in [0.25, 0.3) is 11.2 Å². The lowest BCUT2D eigenvalue weighted by Gasteiger charge is -2.38. The van der Waals surface area contributed by atoms with Gasteiger partial charge >= 0.3 is 0 Å². The lowest BCUT2D eigenvalue weighted by Crippen LogP contribution is -2.43. The zero-order valence-corrected chi connectivity index (χ0v) is 13.9. The number of rotatable bonds is 3. The normalized spacial score (nSPS) is 22.0. The molecule has 2 fully saturated rings. The van der Waals surface area contributed by atoms with Crippen LogP contribution in [0.1, 0.15) is 25.7 Å². The molecule has 2 aliphatic rings. The summed E-state index contributed by atoms with van der Waals surface area (Å²) in [6.45, 7) is 3.99. The van der Waals surface area contributed by atoms with E-state index < -0.39 is 0 Å². The summed E-state index contributed by atoms with van der Waals surface area (Å²) in [4.78, 5) is 15.5. The molecule has 0 aliphatic carbocycles. The van der Waals surface area contributed by atoms with Crippen molar-refractivity contribution in [1.29, 1.82) is 0 Å². The van der Waals surface area contributed by atoms with Crippen LogP contribution in [0.2, 0.25) is 0 Å².